The molecule has 9 heteroatoms. The van der Waals surface area contributed by atoms with Crippen molar-refractivity contribution in [2.75, 3.05) is 32.0 Å². The van der Waals surface area contributed by atoms with Crippen LogP contribution in [0.3, 0.4) is 0 Å². The fourth-order valence-electron chi connectivity index (χ4n) is 3.14. The molecule has 0 aliphatic carbocycles. The van der Waals surface area contributed by atoms with Crippen molar-refractivity contribution in [2.45, 2.75) is 13.8 Å². The molecule has 2 amide bonds. The molecule has 1 heterocycles. The van der Waals surface area contributed by atoms with Gasteiger partial charge in [-0.25, -0.2) is 4.79 Å². The van der Waals surface area contributed by atoms with Gasteiger partial charge < -0.3 is 24.8 Å². The van der Waals surface area contributed by atoms with Gasteiger partial charge in [-0.1, -0.05) is 17.7 Å². The molecule has 172 valence electrons. The smallest absolute Gasteiger partial charge is 0.341 e. The third kappa shape index (κ3) is 5.15. The second kappa shape index (κ2) is 10.2. The van der Waals surface area contributed by atoms with Crippen LogP contribution in [0.25, 0.3) is 0 Å². The number of thiophene rings is 1. The average Bonchev–Trinajstić information content (AvgIpc) is 3.14. The maximum absolute atomic E-state index is 13.1. The van der Waals surface area contributed by atoms with Gasteiger partial charge in [0.25, 0.3) is 11.8 Å². The van der Waals surface area contributed by atoms with Crippen LogP contribution in [0, 0.1) is 13.8 Å². The quantitative estimate of drug-likeness (QED) is 0.489. The fraction of sp³-hybridized carbons (Fsp3) is 0.208. The van der Waals surface area contributed by atoms with Gasteiger partial charge in [-0.05, 0) is 43.7 Å². The van der Waals surface area contributed by atoms with Crippen LogP contribution in [0.15, 0.2) is 42.5 Å². The van der Waals surface area contributed by atoms with E-state index < -0.39 is 17.8 Å². The van der Waals surface area contributed by atoms with Gasteiger partial charge in [0.05, 0.1) is 37.5 Å². The largest absolute Gasteiger partial charge is 0.497 e. The van der Waals surface area contributed by atoms with Gasteiger partial charge in [-0.15, -0.1) is 11.3 Å². The van der Waals surface area contributed by atoms with Crippen LogP contribution in [0.4, 0.5) is 10.7 Å². The van der Waals surface area contributed by atoms with Crippen molar-refractivity contribution in [2.24, 2.45) is 0 Å². The molecule has 3 aromatic rings. The molecule has 0 atom stereocenters. The number of rotatable bonds is 7. The Labute approximate surface area is 195 Å². The summed E-state index contributed by atoms with van der Waals surface area (Å²) in [6.45, 7) is 3.55. The fourth-order valence-corrected chi connectivity index (χ4v) is 4.22. The van der Waals surface area contributed by atoms with Crippen molar-refractivity contribution in [1.29, 1.82) is 0 Å². The first kappa shape index (κ1) is 23.8. The van der Waals surface area contributed by atoms with E-state index in [1.807, 2.05) is 19.1 Å². The highest BCUT2D eigenvalue weighted by Crippen LogP contribution is 2.36. The van der Waals surface area contributed by atoms with Crippen LogP contribution in [-0.2, 0) is 4.74 Å². The van der Waals surface area contributed by atoms with Gasteiger partial charge >= 0.3 is 5.97 Å². The molecule has 2 aromatic carbocycles. The van der Waals surface area contributed by atoms with Crippen LogP contribution in [0.1, 0.15) is 41.5 Å². The molecule has 0 saturated heterocycles. The van der Waals surface area contributed by atoms with Crippen molar-refractivity contribution in [3.63, 3.8) is 0 Å². The Kier molecular flexibility index (Phi) is 7.34. The van der Waals surface area contributed by atoms with Gasteiger partial charge in [0.1, 0.15) is 16.5 Å². The summed E-state index contributed by atoms with van der Waals surface area (Å²) in [7, 11) is 4.25. The number of benzene rings is 2. The van der Waals surface area contributed by atoms with Crippen molar-refractivity contribution in [3.8, 4) is 11.5 Å². The third-order valence-electron chi connectivity index (χ3n) is 4.94. The first-order chi connectivity index (χ1) is 15.8. The van der Waals surface area contributed by atoms with E-state index in [9.17, 15) is 14.4 Å². The molecule has 1 aromatic heterocycles. The highest BCUT2D eigenvalue weighted by molar-refractivity contribution is 7.19. The Morgan fingerprint density at radius 3 is 2.15 bits per heavy atom. The summed E-state index contributed by atoms with van der Waals surface area (Å²) in [6, 6.07) is 12.0. The van der Waals surface area contributed by atoms with Gasteiger partial charge in [0.2, 0.25) is 0 Å². The number of hydrogen-bond donors (Lipinski definition) is 2. The topological polar surface area (TPSA) is 103 Å². The lowest BCUT2D eigenvalue weighted by atomic mass is 10.1. The van der Waals surface area contributed by atoms with E-state index in [4.69, 9.17) is 14.2 Å². The van der Waals surface area contributed by atoms with Crippen LogP contribution in [0.5, 0.6) is 11.5 Å². The minimum Gasteiger partial charge on any atom is -0.497 e. The second-order valence-corrected chi connectivity index (χ2v) is 8.11. The van der Waals surface area contributed by atoms with Crippen LogP contribution in [0.2, 0.25) is 0 Å². The minimum absolute atomic E-state index is 0.130. The normalized spacial score (nSPS) is 10.3. The minimum atomic E-state index is -0.652. The Bertz CT molecular complexity index is 1200. The van der Waals surface area contributed by atoms with E-state index in [0.29, 0.717) is 28.3 Å². The van der Waals surface area contributed by atoms with Gasteiger partial charge in [0.15, 0.2) is 0 Å². The summed E-state index contributed by atoms with van der Waals surface area (Å²) in [5.74, 6) is -0.538. The highest BCUT2D eigenvalue weighted by Gasteiger charge is 2.27. The predicted octanol–water partition coefficient (Wildman–Crippen LogP) is 4.67. The number of amides is 2. The first-order valence-corrected chi connectivity index (χ1v) is 10.7. The zero-order chi connectivity index (χ0) is 24.1. The third-order valence-corrected chi connectivity index (χ3v) is 6.14. The molecule has 8 nitrogen and oxygen atoms in total. The lowest BCUT2D eigenvalue weighted by Crippen LogP contribution is -2.14. The van der Waals surface area contributed by atoms with E-state index in [2.05, 4.69) is 10.6 Å². The van der Waals surface area contributed by atoms with E-state index >= 15 is 0 Å². The monoisotopic (exact) mass is 468 g/mol. The number of carbonyl (C=O) groups excluding carboxylic acids is 3. The Balaban J connectivity index is 1.95. The Morgan fingerprint density at radius 2 is 1.55 bits per heavy atom. The predicted molar refractivity (Wildman–Crippen MR) is 127 cm³/mol. The molecule has 0 radical (unpaired) electrons. The van der Waals surface area contributed by atoms with Gasteiger partial charge in [0, 0.05) is 11.6 Å². The van der Waals surface area contributed by atoms with Crippen molar-refractivity contribution >= 4 is 39.8 Å². The maximum atomic E-state index is 13.1. The molecule has 0 saturated carbocycles. The lowest BCUT2D eigenvalue weighted by molar-refractivity contribution is 0.0601. The standard InChI is InChI=1S/C24H24N2O6S/c1-13-6-8-15(9-7-13)21(27)26-23-19(24(29)32-5)14(2)20(33-23)22(28)25-17-12-16(30-3)10-11-18(17)31-4/h6-12H,1-5H3,(H,25,28)(H,26,27). The van der Waals surface area contributed by atoms with E-state index in [0.717, 1.165) is 16.9 Å². The molecule has 0 unspecified atom stereocenters. The zero-order valence-corrected chi connectivity index (χ0v) is 19.7. The van der Waals surface area contributed by atoms with Crippen molar-refractivity contribution < 1.29 is 28.6 Å². The van der Waals surface area contributed by atoms with E-state index in [-0.39, 0.29) is 15.4 Å². The summed E-state index contributed by atoms with van der Waals surface area (Å²) in [6.07, 6.45) is 0. The summed E-state index contributed by atoms with van der Waals surface area (Å²) < 4.78 is 15.4. The first-order valence-electron chi connectivity index (χ1n) is 9.92. The van der Waals surface area contributed by atoms with Crippen LogP contribution in [-0.4, -0.2) is 39.1 Å². The number of anilines is 2. The summed E-state index contributed by atoms with van der Waals surface area (Å²) >= 11 is 0.990. The highest BCUT2D eigenvalue weighted by atomic mass is 32.1. The van der Waals surface area contributed by atoms with Gasteiger partial charge in [-0.2, -0.15) is 0 Å². The molecule has 3 rings (SSSR count). The van der Waals surface area contributed by atoms with Crippen molar-refractivity contribution in [1.82, 2.24) is 0 Å². The van der Waals surface area contributed by atoms with E-state index in [1.54, 1.807) is 37.3 Å². The number of hydrogen-bond acceptors (Lipinski definition) is 7. The number of nitrogens with one attached hydrogen (secondary N) is 2. The summed E-state index contributed by atoms with van der Waals surface area (Å²) in [5.41, 5.74) is 2.37. The summed E-state index contributed by atoms with van der Waals surface area (Å²) in [4.78, 5) is 38.6. The van der Waals surface area contributed by atoms with Crippen LogP contribution < -0.4 is 20.1 Å². The molecule has 0 aliphatic rings. The molecule has 0 bridgehead atoms. The number of methoxy groups -OCH3 is 3. The summed E-state index contributed by atoms with van der Waals surface area (Å²) in [5, 5.41) is 5.75. The molecular weight excluding hydrogens is 444 g/mol. The molecule has 2 N–H and O–H groups in total. The molecule has 0 spiro atoms. The lowest BCUT2D eigenvalue weighted by Gasteiger charge is -2.11. The molecular formula is C24H24N2O6S. The number of carbonyl (C=O) groups is 3. The Morgan fingerprint density at radius 1 is 0.848 bits per heavy atom. The molecule has 33 heavy (non-hydrogen) atoms. The average molecular weight is 469 g/mol. The maximum Gasteiger partial charge on any atom is 0.341 e. The Hall–Kier alpha value is -3.85. The zero-order valence-electron chi connectivity index (χ0n) is 18.9. The number of aryl methyl sites for hydroxylation is 1. The molecule has 0 aliphatic heterocycles. The molecule has 0 fully saturated rings. The van der Waals surface area contributed by atoms with Crippen molar-refractivity contribution in [3.05, 3.63) is 69.6 Å². The van der Waals surface area contributed by atoms with E-state index in [1.165, 1.54) is 21.3 Å². The van der Waals surface area contributed by atoms with Gasteiger partial charge in [-0.3, -0.25) is 9.59 Å². The number of ether oxygens (including phenoxy) is 3. The second-order valence-electron chi connectivity index (χ2n) is 7.09. The SMILES string of the molecule is COC(=O)c1c(NC(=O)c2ccc(C)cc2)sc(C(=O)Nc2cc(OC)ccc2OC)c1C. The number of esters is 1. The van der Waals surface area contributed by atoms with Crippen LogP contribution >= 0.6 is 11.3 Å².